The van der Waals surface area contributed by atoms with Gasteiger partial charge in [0, 0.05) is 20.6 Å². The Morgan fingerprint density at radius 3 is 2.58 bits per heavy atom. The Kier molecular flexibility index (Phi) is 4.89. The predicted molar refractivity (Wildman–Crippen MR) is 68.3 cm³/mol. The minimum atomic E-state index is -1.06. The predicted octanol–water partition coefficient (Wildman–Crippen LogP) is 1.13. The van der Waals surface area contributed by atoms with Crippen LogP contribution in [0.2, 0.25) is 0 Å². The Morgan fingerprint density at radius 2 is 2.00 bits per heavy atom. The fourth-order valence-corrected chi connectivity index (χ4v) is 1.64. The number of urea groups is 1. The van der Waals surface area contributed by atoms with Crippen LogP contribution in [0.3, 0.4) is 0 Å². The van der Waals surface area contributed by atoms with E-state index in [2.05, 4.69) is 0 Å². The van der Waals surface area contributed by atoms with E-state index in [1.54, 1.807) is 25.2 Å². The van der Waals surface area contributed by atoms with Gasteiger partial charge < -0.3 is 14.9 Å². The third-order valence-electron chi connectivity index (χ3n) is 2.50. The van der Waals surface area contributed by atoms with Crippen LogP contribution in [0.15, 0.2) is 24.3 Å². The lowest BCUT2D eigenvalue weighted by molar-refractivity contribution is -0.137. The van der Waals surface area contributed by atoms with Gasteiger partial charge in [0.05, 0.1) is 11.6 Å². The van der Waals surface area contributed by atoms with Crippen molar-refractivity contribution in [3.05, 3.63) is 35.4 Å². The average Bonchev–Trinajstić information content (AvgIpc) is 2.37. The first-order chi connectivity index (χ1) is 8.93. The topological polar surface area (TPSA) is 84.6 Å². The van der Waals surface area contributed by atoms with Gasteiger partial charge in [-0.05, 0) is 17.7 Å². The summed E-state index contributed by atoms with van der Waals surface area (Å²) in [6.07, 6.45) is 0. The molecule has 6 heteroatoms. The molecule has 0 aliphatic rings. The Morgan fingerprint density at radius 1 is 1.32 bits per heavy atom. The van der Waals surface area contributed by atoms with E-state index in [4.69, 9.17) is 10.4 Å². The van der Waals surface area contributed by atoms with Crippen LogP contribution >= 0.6 is 0 Å². The summed E-state index contributed by atoms with van der Waals surface area (Å²) >= 11 is 0. The molecule has 100 valence electrons. The first-order valence-corrected chi connectivity index (χ1v) is 5.61. The lowest BCUT2D eigenvalue weighted by atomic mass is 10.1. The van der Waals surface area contributed by atoms with Gasteiger partial charge in [0.1, 0.15) is 6.54 Å². The summed E-state index contributed by atoms with van der Waals surface area (Å²) in [7, 11) is 3.01. The van der Waals surface area contributed by atoms with E-state index in [1.165, 1.54) is 11.9 Å². The maximum absolute atomic E-state index is 11.9. The third kappa shape index (κ3) is 4.32. The molecule has 1 aromatic carbocycles. The Balaban J connectivity index is 2.68. The molecule has 6 nitrogen and oxygen atoms in total. The number of rotatable bonds is 4. The molecule has 0 unspecified atom stereocenters. The highest BCUT2D eigenvalue weighted by atomic mass is 16.4. The lowest BCUT2D eigenvalue weighted by Crippen LogP contribution is -2.40. The molecule has 1 aromatic rings. The smallest absolute Gasteiger partial charge is 0.323 e. The van der Waals surface area contributed by atoms with E-state index >= 15 is 0 Å². The number of nitrogens with zero attached hydrogens (tertiary/aromatic N) is 3. The molecule has 1 rings (SSSR count). The average molecular weight is 261 g/mol. The van der Waals surface area contributed by atoms with Crippen LogP contribution in [0.5, 0.6) is 0 Å². The van der Waals surface area contributed by atoms with E-state index in [-0.39, 0.29) is 12.6 Å². The summed E-state index contributed by atoms with van der Waals surface area (Å²) in [4.78, 5) is 24.9. The molecule has 0 aliphatic heterocycles. The van der Waals surface area contributed by atoms with E-state index in [9.17, 15) is 9.59 Å². The van der Waals surface area contributed by atoms with E-state index in [0.717, 1.165) is 10.5 Å². The maximum atomic E-state index is 11.9. The number of nitriles is 1. The number of carboxylic acids is 1. The molecule has 0 aliphatic carbocycles. The van der Waals surface area contributed by atoms with Crippen molar-refractivity contribution in [2.45, 2.75) is 6.54 Å². The second-order valence-corrected chi connectivity index (χ2v) is 4.20. The summed E-state index contributed by atoms with van der Waals surface area (Å²) in [5.41, 5.74) is 1.34. The number of aliphatic carboxylic acids is 1. The standard InChI is InChI=1S/C13H15N3O3/c1-15(13(19)16(2)9-12(17)18)8-11-5-3-4-10(6-11)7-14/h3-6H,8-9H2,1-2H3,(H,17,18). The summed E-state index contributed by atoms with van der Waals surface area (Å²) in [6.45, 7) is -0.0281. The van der Waals surface area contributed by atoms with Crippen molar-refractivity contribution < 1.29 is 14.7 Å². The zero-order valence-corrected chi connectivity index (χ0v) is 10.8. The molecule has 0 radical (unpaired) electrons. The van der Waals surface area contributed by atoms with Gasteiger partial charge in [-0.15, -0.1) is 0 Å². The van der Waals surface area contributed by atoms with Crippen LogP contribution in [0, 0.1) is 11.3 Å². The Labute approximate surface area is 111 Å². The zero-order chi connectivity index (χ0) is 14.4. The SMILES string of the molecule is CN(CC(=O)O)C(=O)N(C)Cc1cccc(C#N)c1. The largest absolute Gasteiger partial charge is 0.480 e. The normalized spacial score (nSPS) is 9.53. The number of amides is 2. The number of carboxylic acid groups (broad SMARTS) is 1. The van der Waals surface area contributed by atoms with Gasteiger partial charge >= 0.3 is 12.0 Å². The number of hydrogen-bond acceptors (Lipinski definition) is 3. The lowest BCUT2D eigenvalue weighted by Gasteiger charge is -2.23. The van der Waals surface area contributed by atoms with Gasteiger partial charge in [-0.2, -0.15) is 5.26 Å². The van der Waals surface area contributed by atoms with Crippen molar-refractivity contribution in [3.63, 3.8) is 0 Å². The number of carbonyl (C=O) groups excluding carboxylic acids is 1. The first-order valence-electron chi connectivity index (χ1n) is 5.61. The summed E-state index contributed by atoms with van der Waals surface area (Å²) in [5.74, 6) is -1.06. The molecule has 0 saturated carbocycles. The van der Waals surface area contributed by atoms with Crippen molar-refractivity contribution in [2.24, 2.45) is 0 Å². The van der Waals surface area contributed by atoms with Gasteiger partial charge in [-0.1, -0.05) is 12.1 Å². The fraction of sp³-hybridized carbons (Fsp3) is 0.308. The van der Waals surface area contributed by atoms with Crippen LogP contribution in [0.1, 0.15) is 11.1 Å². The van der Waals surface area contributed by atoms with Crippen molar-refractivity contribution in [3.8, 4) is 6.07 Å². The van der Waals surface area contributed by atoms with Gasteiger partial charge in [-0.25, -0.2) is 4.79 Å². The number of likely N-dealkylation sites (N-methyl/N-ethyl adjacent to an activating group) is 1. The third-order valence-corrected chi connectivity index (χ3v) is 2.50. The quantitative estimate of drug-likeness (QED) is 0.880. The van der Waals surface area contributed by atoms with Crippen LogP contribution in [-0.4, -0.2) is 47.5 Å². The molecule has 2 amide bonds. The fourth-order valence-electron chi connectivity index (χ4n) is 1.64. The Bertz CT molecular complexity index is 522. The molecular formula is C13H15N3O3. The van der Waals surface area contributed by atoms with Crippen LogP contribution in [0.25, 0.3) is 0 Å². The Hall–Kier alpha value is -2.55. The van der Waals surface area contributed by atoms with Gasteiger partial charge in [0.2, 0.25) is 0 Å². The second kappa shape index (κ2) is 6.40. The monoisotopic (exact) mass is 261 g/mol. The highest BCUT2D eigenvalue weighted by Gasteiger charge is 2.16. The van der Waals surface area contributed by atoms with Crippen molar-refractivity contribution in [1.82, 2.24) is 9.80 Å². The van der Waals surface area contributed by atoms with Crippen LogP contribution < -0.4 is 0 Å². The van der Waals surface area contributed by atoms with Crippen molar-refractivity contribution in [2.75, 3.05) is 20.6 Å². The number of hydrogen-bond donors (Lipinski definition) is 1. The van der Waals surface area contributed by atoms with E-state index < -0.39 is 5.97 Å². The molecule has 19 heavy (non-hydrogen) atoms. The zero-order valence-electron chi connectivity index (χ0n) is 10.8. The molecule has 0 heterocycles. The highest BCUT2D eigenvalue weighted by molar-refractivity contribution is 5.79. The summed E-state index contributed by atoms with van der Waals surface area (Å²) < 4.78 is 0. The molecule has 0 fully saturated rings. The number of benzene rings is 1. The molecule has 0 aromatic heterocycles. The number of carbonyl (C=O) groups is 2. The molecule has 0 saturated heterocycles. The summed E-state index contributed by atoms with van der Waals surface area (Å²) in [6, 6.07) is 8.57. The second-order valence-electron chi connectivity index (χ2n) is 4.20. The molecule has 0 bridgehead atoms. The summed E-state index contributed by atoms with van der Waals surface area (Å²) in [5, 5.41) is 17.4. The van der Waals surface area contributed by atoms with Crippen molar-refractivity contribution in [1.29, 1.82) is 5.26 Å². The molecule has 1 N–H and O–H groups in total. The minimum Gasteiger partial charge on any atom is -0.480 e. The van der Waals surface area contributed by atoms with Gasteiger partial charge in [0.25, 0.3) is 0 Å². The van der Waals surface area contributed by atoms with Crippen molar-refractivity contribution >= 4 is 12.0 Å². The van der Waals surface area contributed by atoms with Crippen LogP contribution in [0.4, 0.5) is 4.79 Å². The molecular weight excluding hydrogens is 246 g/mol. The van der Waals surface area contributed by atoms with Gasteiger partial charge in [0.15, 0.2) is 0 Å². The molecule has 0 atom stereocenters. The van der Waals surface area contributed by atoms with Gasteiger partial charge in [-0.3, -0.25) is 4.79 Å². The first kappa shape index (κ1) is 14.5. The highest BCUT2D eigenvalue weighted by Crippen LogP contribution is 2.08. The molecule has 0 spiro atoms. The van der Waals surface area contributed by atoms with E-state index in [1.807, 2.05) is 12.1 Å². The van der Waals surface area contributed by atoms with E-state index in [0.29, 0.717) is 12.1 Å². The minimum absolute atomic E-state index is 0.318. The van der Waals surface area contributed by atoms with Crippen LogP contribution in [-0.2, 0) is 11.3 Å². The maximum Gasteiger partial charge on any atom is 0.323 e.